The number of benzene rings is 1. The number of nitrogens with zero attached hydrogens (tertiary/aromatic N) is 1. The zero-order chi connectivity index (χ0) is 15.2. The maximum atomic E-state index is 10.1. The van der Waals surface area contributed by atoms with E-state index in [-0.39, 0.29) is 0 Å². The Hall–Kier alpha value is -1.17. The van der Waals surface area contributed by atoms with E-state index >= 15 is 0 Å². The Morgan fingerprint density at radius 2 is 2.10 bits per heavy atom. The van der Waals surface area contributed by atoms with Crippen LogP contribution in [0, 0.1) is 5.92 Å². The summed E-state index contributed by atoms with van der Waals surface area (Å²) in [5.74, 6) is 1.56. The Morgan fingerprint density at radius 3 is 2.62 bits per heavy atom. The Kier molecular flexibility index (Phi) is 5.96. The predicted octanol–water partition coefficient (Wildman–Crippen LogP) is 1.79. The van der Waals surface area contributed by atoms with Gasteiger partial charge in [0.2, 0.25) is 0 Å². The van der Waals surface area contributed by atoms with Crippen LogP contribution in [0.2, 0.25) is 0 Å². The van der Waals surface area contributed by atoms with Gasteiger partial charge >= 0.3 is 0 Å². The molecule has 116 valence electrons. The van der Waals surface area contributed by atoms with Gasteiger partial charge in [0.25, 0.3) is 0 Å². The van der Waals surface area contributed by atoms with Gasteiger partial charge in [-0.1, -0.05) is 19.1 Å². The van der Waals surface area contributed by atoms with Crippen molar-refractivity contribution < 1.29 is 9.84 Å². The molecule has 1 saturated carbocycles. The second kappa shape index (κ2) is 7.73. The molecule has 1 unspecified atom stereocenters. The molecule has 0 radical (unpaired) electrons. The fraction of sp³-hybridized carbons (Fsp3) is 0.562. The van der Waals surface area contributed by atoms with Crippen LogP contribution >= 0.6 is 12.2 Å². The summed E-state index contributed by atoms with van der Waals surface area (Å²) in [5.41, 5.74) is 6.36. The van der Waals surface area contributed by atoms with Gasteiger partial charge < -0.3 is 20.5 Å². The van der Waals surface area contributed by atoms with E-state index in [0.29, 0.717) is 18.1 Å². The molecule has 1 aliphatic rings. The normalized spacial score (nSPS) is 16.0. The molecule has 4 nitrogen and oxygen atoms in total. The summed E-state index contributed by atoms with van der Waals surface area (Å²) in [6.07, 6.45) is 2.19. The quantitative estimate of drug-likeness (QED) is 0.681. The van der Waals surface area contributed by atoms with Gasteiger partial charge in [0.15, 0.2) is 0 Å². The number of aliphatic hydroxyl groups excluding tert-OH is 1. The predicted molar refractivity (Wildman–Crippen MR) is 88.7 cm³/mol. The van der Waals surface area contributed by atoms with E-state index in [1.165, 1.54) is 12.8 Å². The van der Waals surface area contributed by atoms with Crippen molar-refractivity contribution in [3.63, 3.8) is 0 Å². The molecule has 0 bridgehead atoms. The van der Waals surface area contributed by atoms with E-state index in [1.807, 2.05) is 24.3 Å². The molecule has 3 N–H and O–H groups in total. The van der Waals surface area contributed by atoms with Crippen LogP contribution in [-0.2, 0) is 0 Å². The van der Waals surface area contributed by atoms with E-state index in [1.54, 1.807) is 0 Å². The van der Waals surface area contributed by atoms with Crippen LogP contribution < -0.4 is 10.5 Å². The second-order valence-corrected chi connectivity index (χ2v) is 6.09. The number of nitrogens with two attached hydrogens (primary N) is 1. The third-order valence-corrected chi connectivity index (χ3v) is 3.95. The summed E-state index contributed by atoms with van der Waals surface area (Å²) in [5, 5.41) is 10.1. The van der Waals surface area contributed by atoms with Gasteiger partial charge in [-0.05, 0) is 49.6 Å². The molecule has 0 aliphatic heterocycles. The van der Waals surface area contributed by atoms with E-state index in [4.69, 9.17) is 22.7 Å². The minimum atomic E-state index is -0.473. The van der Waals surface area contributed by atoms with Gasteiger partial charge in [-0.2, -0.15) is 0 Å². The molecule has 0 heterocycles. The minimum absolute atomic E-state index is 0.299. The Labute approximate surface area is 131 Å². The lowest BCUT2D eigenvalue weighted by atomic mass is 10.2. The topological polar surface area (TPSA) is 58.7 Å². The first-order valence-electron chi connectivity index (χ1n) is 7.51. The minimum Gasteiger partial charge on any atom is -0.491 e. The van der Waals surface area contributed by atoms with E-state index in [2.05, 4.69) is 11.8 Å². The lowest BCUT2D eigenvalue weighted by Crippen LogP contribution is -2.36. The first kappa shape index (κ1) is 16.2. The highest BCUT2D eigenvalue weighted by molar-refractivity contribution is 7.80. The first-order chi connectivity index (χ1) is 10.1. The number of aliphatic hydroxyl groups is 1. The standard InChI is InChI=1S/C16H24N2O2S/c1-2-18(9-12-3-4-12)10-14(19)11-20-15-7-5-13(6-8-15)16(17)21/h5-8,12,14,19H,2-4,9-11H2,1H3,(H2,17,21). The molecule has 0 saturated heterocycles. The molecule has 0 spiro atoms. The SMILES string of the molecule is CCN(CC(O)COc1ccc(C(N)=S)cc1)CC1CC1. The molecule has 1 aromatic rings. The number of hydrogen-bond acceptors (Lipinski definition) is 4. The maximum Gasteiger partial charge on any atom is 0.119 e. The van der Waals surface area contributed by atoms with Crippen molar-refractivity contribution in [2.75, 3.05) is 26.2 Å². The van der Waals surface area contributed by atoms with Gasteiger partial charge in [-0.15, -0.1) is 0 Å². The lowest BCUT2D eigenvalue weighted by Gasteiger charge is -2.23. The summed E-state index contributed by atoms with van der Waals surface area (Å²) < 4.78 is 5.61. The molecule has 2 rings (SSSR count). The molecule has 1 fully saturated rings. The van der Waals surface area contributed by atoms with Gasteiger partial charge in [0.05, 0.1) is 0 Å². The summed E-state index contributed by atoms with van der Waals surface area (Å²) in [6, 6.07) is 7.30. The Balaban J connectivity index is 1.74. The smallest absolute Gasteiger partial charge is 0.119 e. The van der Waals surface area contributed by atoms with E-state index in [0.717, 1.165) is 30.3 Å². The molecular formula is C16H24N2O2S. The maximum absolute atomic E-state index is 10.1. The number of hydrogen-bond donors (Lipinski definition) is 2. The van der Waals surface area contributed by atoms with E-state index in [9.17, 15) is 5.11 Å². The Morgan fingerprint density at radius 1 is 1.43 bits per heavy atom. The summed E-state index contributed by atoms with van der Waals surface area (Å²) in [7, 11) is 0. The van der Waals surface area contributed by atoms with Crippen LogP contribution in [0.15, 0.2) is 24.3 Å². The third-order valence-electron chi connectivity index (χ3n) is 3.71. The van der Waals surface area contributed by atoms with Crippen molar-refractivity contribution in [2.24, 2.45) is 11.7 Å². The van der Waals surface area contributed by atoms with Gasteiger partial charge in [-0.3, -0.25) is 0 Å². The van der Waals surface area contributed by atoms with Crippen molar-refractivity contribution in [1.29, 1.82) is 0 Å². The van der Waals surface area contributed by atoms with Crippen LogP contribution in [0.4, 0.5) is 0 Å². The van der Waals surface area contributed by atoms with E-state index < -0.39 is 6.10 Å². The van der Waals surface area contributed by atoms with Gasteiger partial charge in [0.1, 0.15) is 23.4 Å². The number of thiocarbonyl (C=S) groups is 1. The molecule has 0 aromatic heterocycles. The number of ether oxygens (including phenoxy) is 1. The molecule has 1 aromatic carbocycles. The monoisotopic (exact) mass is 308 g/mol. The molecule has 21 heavy (non-hydrogen) atoms. The highest BCUT2D eigenvalue weighted by Gasteiger charge is 2.24. The van der Waals surface area contributed by atoms with Crippen LogP contribution in [0.1, 0.15) is 25.3 Å². The molecule has 1 atom stereocenters. The first-order valence-corrected chi connectivity index (χ1v) is 7.92. The van der Waals surface area contributed by atoms with Crippen molar-refractivity contribution in [2.45, 2.75) is 25.9 Å². The van der Waals surface area contributed by atoms with Crippen LogP contribution in [0.5, 0.6) is 5.75 Å². The fourth-order valence-electron chi connectivity index (χ4n) is 2.26. The molecule has 0 amide bonds. The van der Waals surface area contributed by atoms with Gasteiger partial charge in [-0.25, -0.2) is 0 Å². The van der Waals surface area contributed by atoms with Gasteiger partial charge in [0, 0.05) is 18.7 Å². The molecular weight excluding hydrogens is 284 g/mol. The molecule has 1 aliphatic carbocycles. The third kappa shape index (κ3) is 5.61. The van der Waals surface area contributed by atoms with Crippen molar-refractivity contribution in [3.8, 4) is 5.75 Å². The van der Waals surface area contributed by atoms with Crippen molar-refractivity contribution >= 4 is 17.2 Å². The molecule has 5 heteroatoms. The zero-order valence-corrected chi connectivity index (χ0v) is 13.3. The number of rotatable bonds is 9. The van der Waals surface area contributed by atoms with Crippen LogP contribution in [0.3, 0.4) is 0 Å². The zero-order valence-electron chi connectivity index (χ0n) is 12.5. The largest absolute Gasteiger partial charge is 0.491 e. The Bertz CT molecular complexity index is 460. The summed E-state index contributed by atoms with van der Waals surface area (Å²) >= 11 is 4.90. The number of likely N-dealkylation sites (N-methyl/N-ethyl adjacent to an activating group) is 1. The second-order valence-electron chi connectivity index (χ2n) is 5.65. The summed E-state index contributed by atoms with van der Waals surface area (Å²) in [4.78, 5) is 2.67. The summed E-state index contributed by atoms with van der Waals surface area (Å²) in [6.45, 7) is 5.16. The highest BCUT2D eigenvalue weighted by Crippen LogP contribution is 2.29. The highest BCUT2D eigenvalue weighted by atomic mass is 32.1. The lowest BCUT2D eigenvalue weighted by molar-refractivity contribution is 0.0684. The van der Waals surface area contributed by atoms with Crippen molar-refractivity contribution in [1.82, 2.24) is 4.90 Å². The fourth-order valence-corrected chi connectivity index (χ4v) is 2.39. The van der Waals surface area contributed by atoms with Crippen LogP contribution in [-0.4, -0.2) is 47.3 Å². The van der Waals surface area contributed by atoms with Crippen molar-refractivity contribution in [3.05, 3.63) is 29.8 Å². The average molecular weight is 308 g/mol. The average Bonchev–Trinajstić information content (AvgIpc) is 3.28. The van der Waals surface area contributed by atoms with Crippen LogP contribution in [0.25, 0.3) is 0 Å².